The molecule has 1 aromatic carbocycles. The van der Waals surface area contributed by atoms with Crippen molar-refractivity contribution in [3.8, 4) is 0 Å². The van der Waals surface area contributed by atoms with Crippen molar-refractivity contribution in [2.24, 2.45) is 0 Å². The first kappa shape index (κ1) is 21.1. The van der Waals surface area contributed by atoms with Gasteiger partial charge in [-0.15, -0.1) is 0 Å². The Morgan fingerprint density at radius 1 is 1.21 bits per heavy atom. The molecule has 0 radical (unpaired) electrons. The van der Waals surface area contributed by atoms with Gasteiger partial charge in [0.1, 0.15) is 5.82 Å². The number of nitrogens with one attached hydrogen (secondary N) is 2. The molecule has 2 aromatic heterocycles. The average Bonchev–Trinajstić information content (AvgIpc) is 2.61. The lowest BCUT2D eigenvalue weighted by molar-refractivity contribution is 0.589. The fraction of sp³-hybridized carbons (Fsp3) is 0.316. The molecular formula is C19H22ClN5O3S. The van der Waals surface area contributed by atoms with E-state index in [9.17, 15) is 13.2 Å². The Labute approximate surface area is 174 Å². The second-order valence-corrected chi connectivity index (χ2v) is 9.28. The molecule has 154 valence electrons. The van der Waals surface area contributed by atoms with Crippen LogP contribution < -0.4 is 15.2 Å². The fourth-order valence-corrected chi connectivity index (χ4v) is 4.60. The van der Waals surface area contributed by atoms with Crippen LogP contribution in [0.5, 0.6) is 0 Å². The molecular weight excluding hydrogens is 414 g/mol. The van der Waals surface area contributed by atoms with Crippen LogP contribution >= 0.6 is 11.6 Å². The van der Waals surface area contributed by atoms with E-state index in [1.807, 2.05) is 12.1 Å². The first-order chi connectivity index (χ1) is 13.6. The molecule has 0 bridgehead atoms. The third-order valence-electron chi connectivity index (χ3n) is 4.36. The SMILES string of the molecule is CC(Nc1nccc(N(C(C)C)S(C)(=O)=O)n1)c1cc2cccc(Cl)c2[nH]c1=O. The van der Waals surface area contributed by atoms with Crippen LogP contribution in [0.4, 0.5) is 11.8 Å². The smallest absolute Gasteiger partial charge is 0.253 e. The summed E-state index contributed by atoms with van der Waals surface area (Å²) in [6, 6.07) is 7.94. The van der Waals surface area contributed by atoms with E-state index in [0.717, 1.165) is 11.6 Å². The third kappa shape index (κ3) is 4.51. The molecule has 0 aliphatic carbocycles. The number of H-pyrrole nitrogens is 1. The van der Waals surface area contributed by atoms with Gasteiger partial charge in [0.2, 0.25) is 16.0 Å². The Bertz CT molecular complexity index is 1210. The predicted octanol–water partition coefficient (Wildman–Crippen LogP) is 3.32. The Kier molecular flexibility index (Phi) is 5.81. The molecule has 0 saturated carbocycles. The molecule has 1 atom stereocenters. The van der Waals surface area contributed by atoms with Gasteiger partial charge in [-0.1, -0.05) is 23.7 Å². The predicted molar refractivity (Wildman–Crippen MR) is 116 cm³/mol. The van der Waals surface area contributed by atoms with Crippen LogP contribution in [-0.4, -0.2) is 35.7 Å². The number of halogens is 1. The summed E-state index contributed by atoms with van der Waals surface area (Å²) in [7, 11) is -3.50. The van der Waals surface area contributed by atoms with Gasteiger partial charge in [0.05, 0.1) is 22.8 Å². The van der Waals surface area contributed by atoms with Gasteiger partial charge in [-0.3, -0.25) is 9.10 Å². The van der Waals surface area contributed by atoms with Crippen molar-refractivity contribution in [2.75, 3.05) is 15.9 Å². The summed E-state index contributed by atoms with van der Waals surface area (Å²) in [6.07, 6.45) is 2.60. The molecule has 0 fully saturated rings. The number of nitrogens with zero attached hydrogens (tertiary/aromatic N) is 3. The molecule has 3 aromatic rings. The van der Waals surface area contributed by atoms with Crippen LogP contribution in [0.2, 0.25) is 5.02 Å². The maximum atomic E-state index is 12.5. The number of hydrogen-bond donors (Lipinski definition) is 2. The molecule has 0 aliphatic rings. The Morgan fingerprint density at radius 2 is 1.93 bits per heavy atom. The van der Waals surface area contributed by atoms with Gasteiger partial charge in [0, 0.05) is 29.3 Å². The number of rotatable bonds is 6. The molecule has 29 heavy (non-hydrogen) atoms. The molecule has 2 N–H and O–H groups in total. The second kappa shape index (κ2) is 8.00. The highest BCUT2D eigenvalue weighted by Crippen LogP contribution is 2.24. The minimum Gasteiger partial charge on any atom is -0.347 e. The lowest BCUT2D eigenvalue weighted by atomic mass is 10.1. The van der Waals surface area contributed by atoms with Crippen LogP contribution in [0.3, 0.4) is 0 Å². The van der Waals surface area contributed by atoms with E-state index in [-0.39, 0.29) is 23.4 Å². The van der Waals surface area contributed by atoms with Gasteiger partial charge in [0.25, 0.3) is 5.56 Å². The van der Waals surface area contributed by atoms with E-state index < -0.39 is 16.1 Å². The zero-order valence-corrected chi connectivity index (χ0v) is 18.0. The normalized spacial score (nSPS) is 12.9. The largest absolute Gasteiger partial charge is 0.347 e. The maximum Gasteiger partial charge on any atom is 0.253 e. The van der Waals surface area contributed by atoms with Gasteiger partial charge in [-0.25, -0.2) is 13.4 Å². The summed E-state index contributed by atoms with van der Waals surface area (Å²) in [4.78, 5) is 23.8. The number of anilines is 2. The second-order valence-electron chi connectivity index (χ2n) is 7.01. The first-order valence-electron chi connectivity index (χ1n) is 8.98. The molecule has 0 saturated heterocycles. The standard InChI is InChI=1S/C19H22ClN5O3S/c1-11(2)25(29(4,27)28)16-8-9-21-19(23-16)22-12(3)14-10-13-6-5-7-15(20)17(13)24-18(14)26/h5-12H,1-4H3,(H,24,26)(H,21,22,23). The Morgan fingerprint density at radius 3 is 2.59 bits per heavy atom. The molecule has 0 amide bonds. The van der Waals surface area contributed by atoms with Gasteiger partial charge in [-0.2, -0.15) is 4.98 Å². The highest BCUT2D eigenvalue weighted by molar-refractivity contribution is 7.92. The van der Waals surface area contributed by atoms with Crippen LogP contribution in [0.25, 0.3) is 10.9 Å². The van der Waals surface area contributed by atoms with Gasteiger partial charge >= 0.3 is 0 Å². The summed E-state index contributed by atoms with van der Waals surface area (Å²) < 4.78 is 25.4. The van der Waals surface area contributed by atoms with E-state index in [1.54, 1.807) is 32.9 Å². The average molecular weight is 436 g/mol. The van der Waals surface area contributed by atoms with Crippen molar-refractivity contribution in [3.05, 3.63) is 57.5 Å². The zero-order valence-electron chi connectivity index (χ0n) is 16.5. The van der Waals surface area contributed by atoms with Crippen LogP contribution in [0, 0.1) is 0 Å². The Balaban J connectivity index is 1.94. The number of hydrogen-bond acceptors (Lipinski definition) is 6. The van der Waals surface area contributed by atoms with Crippen molar-refractivity contribution in [1.29, 1.82) is 0 Å². The third-order valence-corrected chi connectivity index (χ3v) is 6.00. The van der Waals surface area contributed by atoms with E-state index in [4.69, 9.17) is 11.6 Å². The van der Waals surface area contributed by atoms with Gasteiger partial charge in [-0.05, 0) is 32.9 Å². The number of pyridine rings is 1. The lowest BCUT2D eigenvalue weighted by Gasteiger charge is -2.25. The number of sulfonamides is 1. The fourth-order valence-electron chi connectivity index (χ4n) is 3.16. The summed E-state index contributed by atoms with van der Waals surface area (Å²) in [6.45, 7) is 5.32. The molecule has 2 heterocycles. The zero-order chi connectivity index (χ0) is 21.3. The highest BCUT2D eigenvalue weighted by atomic mass is 35.5. The molecule has 0 aliphatic heterocycles. The Hall–Kier alpha value is -2.65. The summed E-state index contributed by atoms with van der Waals surface area (Å²) >= 11 is 6.14. The molecule has 10 heteroatoms. The minimum absolute atomic E-state index is 0.217. The van der Waals surface area contributed by atoms with Crippen molar-refractivity contribution in [3.63, 3.8) is 0 Å². The molecule has 8 nitrogen and oxygen atoms in total. The minimum atomic E-state index is -3.50. The lowest BCUT2D eigenvalue weighted by Crippen LogP contribution is -2.36. The van der Waals surface area contributed by atoms with Gasteiger partial charge < -0.3 is 10.3 Å². The van der Waals surface area contributed by atoms with Crippen molar-refractivity contribution in [2.45, 2.75) is 32.9 Å². The number of para-hydroxylation sites is 1. The first-order valence-corrected chi connectivity index (χ1v) is 11.2. The monoisotopic (exact) mass is 435 g/mol. The van der Waals surface area contributed by atoms with E-state index >= 15 is 0 Å². The molecule has 1 unspecified atom stereocenters. The summed E-state index contributed by atoms with van der Waals surface area (Å²) in [5.74, 6) is 0.473. The quantitative estimate of drug-likeness (QED) is 0.614. The topological polar surface area (TPSA) is 108 Å². The molecule has 3 rings (SSSR count). The number of benzene rings is 1. The van der Waals surface area contributed by atoms with Crippen LogP contribution in [0.15, 0.2) is 41.3 Å². The van der Waals surface area contributed by atoms with E-state index in [1.165, 1.54) is 16.6 Å². The summed E-state index contributed by atoms with van der Waals surface area (Å²) in [5.41, 5.74) is 0.786. The highest BCUT2D eigenvalue weighted by Gasteiger charge is 2.23. The van der Waals surface area contributed by atoms with Crippen molar-refractivity contribution < 1.29 is 8.42 Å². The number of aromatic nitrogens is 3. The number of fused-ring (bicyclic) bond motifs is 1. The van der Waals surface area contributed by atoms with Crippen molar-refractivity contribution in [1.82, 2.24) is 15.0 Å². The van der Waals surface area contributed by atoms with E-state index in [2.05, 4.69) is 20.3 Å². The van der Waals surface area contributed by atoms with E-state index in [0.29, 0.717) is 16.1 Å². The molecule has 0 spiro atoms. The summed E-state index contributed by atoms with van der Waals surface area (Å²) in [5, 5.41) is 4.34. The van der Waals surface area contributed by atoms with Crippen LogP contribution in [0.1, 0.15) is 32.4 Å². The maximum absolute atomic E-state index is 12.5. The van der Waals surface area contributed by atoms with Crippen LogP contribution in [-0.2, 0) is 10.0 Å². The number of aromatic amines is 1. The van der Waals surface area contributed by atoms with Gasteiger partial charge in [0.15, 0.2) is 0 Å². The van der Waals surface area contributed by atoms with Crippen molar-refractivity contribution >= 4 is 44.3 Å².